The van der Waals surface area contributed by atoms with E-state index in [-0.39, 0.29) is 17.3 Å². The van der Waals surface area contributed by atoms with Crippen molar-refractivity contribution in [2.75, 3.05) is 26.7 Å². The summed E-state index contributed by atoms with van der Waals surface area (Å²) in [5.74, 6) is 0.968. The number of rotatable bonds is 4. The topological polar surface area (TPSA) is 61.5 Å². The maximum atomic E-state index is 14.3. The lowest BCUT2D eigenvalue weighted by molar-refractivity contribution is -0.143. The summed E-state index contributed by atoms with van der Waals surface area (Å²) < 4.78 is 19.5. The van der Waals surface area contributed by atoms with Crippen molar-refractivity contribution in [1.82, 2.24) is 19.8 Å². The summed E-state index contributed by atoms with van der Waals surface area (Å²) in [7, 11) is 1.59. The smallest absolute Gasteiger partial charge is 0.226 e. The molecule has 1 aliphatic carbocycles. The van der Waals surface area contributed by atoms with Crippen molar-refractivity contribution in [3.8, 4) is 5.75 Å². The fourth-order valence-electron chi connectivity index (χ4n) is 4.98. The highest BCUT2D eigenvalue weighted by molar-refractivity contribution is 5.82. The van der Waals surface area contributed by atoms with Crippen LogP contribution in [0.2, 0.25) is 0 Å². The maximum Gasteiger partial charge on any atom is 0.226 e. The molecule has 29 heavy (non-hydrogen) atoms. The molecule has 0 atom stereocenters. The average molecular weight is 398 g/mol. The van der Waals surface area contributed by atoms with Gasteiger partial charge < -0.3 is 14.6 Å². The van der Waals surface area contributed by atoms with Crippen LogP contribution in [0.15, 0.2) is 24.5 Å². The maximum absolute atomic E-state index is 14.3. The standard InChI is InChI=1S/C22H27FN4O2/c1-29-17-4-5-18(23)16(12-17)13-26-10-7-22(8-11-26)20-19(24-14-25-20)6-9-27(22)21(28)15-2-3-15/h4-5,12,14-15H,2-3,6-11,13H2,1H3,(H,24,25). The molecule has 1 aromatic heterocycles. The molecule has 5 rings (SSSR count). The number of hydrogen-bond donors (Lipinski definition) is 1. The lowest BCUT2D eigenvalue weighted by Gasteiger charge is -2.50. The van der Waals surface area contributed by atoms with Crippen molar-refractivity contribution in [3.63, 3.8) is 0 Å². The number of fused-ring (bicyclic) bond motifs is 2. The van der Waals surface area contributed by atoms with E-state index in [9.17, 15) is 9.18 Å². The Labute approximate surface area is 170 Å². The van der Waals surface area contributed by atoms with Gasteiger partial charge >= 0.3 is 0 Å². The molecule has 1 saturated carbocycles. The molecule has 7 heteroatoms. The van der Waals surface area contributed by atoms with Gasteiger partial charge in [-0.3, -0.25) is 9.69 Å². The Hall–Kier alpha value is -2.41. The Bertz CT molecular complexity index is 915. The van der Waals surface area contributed by atoms with Gasteiger partial charge in [0.2, 0.25) is 5.91 Å². The minimum absolute atomic E-state index is 0.205. The van der Waals surface area contributed by atoms with Crippen LogP contribution in [-0.2, 0) is 23.3 Å². The van der Waals surface area contributed by atoms with Crippen LogP contribution in [0.25, 0.3) is 0 Å². The summed E-state index contributed by atoms with van der Waals surface area (Å²) >= 11 is 0. The molecule has 1 spiro atoms. The number of likely N-dealkylation sites (tertiary alicyclic amines) is 1. The zero-order valence-corrected chi connectivity index (χ0v) is 16.8. The fourth-order valence-corrected chi connectivity index (χ4v) is 4.98. The van der Waals surface area contributed by atoms with Gasteiger partial charge in [-0.15, -0.1) is 0 Å². The second kappa shape index (κ2) is 7.13. The highest BCUT2D eigenvalue weighted by Gasteiger charge is 2.50. The van der Waals surface area contributed by atoms with Crippen molar-refractivity contribution < 1.29 is 13.9 Å². The number of halogens is 1. The Kier molecular flexibility index (Phi) is 4.57. The minimum Gasteiger partial charge on any atom is -0.497 e. The van der Waals surface area contributed by atoms with Crippen molar-refractivity contribution in [3.05, 3.63) is 47.3 Å². The molecule has 1 saturated heterocycles. The van der Waals surface area contributed by atoms with Crippen LogP contribution in [0.4, 0.5) is 4.39 Å². The second-order valence-electron chi connectivity index (χ2n) is 8.51. The van der Waals surface area contributed by atoms with Gasteiger partial charge in [-0.25, -0.2) is 9.37 Å². The number of benzene rings is 1. The number of ether oxygens (including phenoxy) is 1. The Morgan fingerprint density at radius 1 is 1.31 bits per heavy atom. The van der Waals surface area contributed by atoms with E-state index in [2.05, 4.69) is 19.8 Å². The minimum atomic E-state index is -0.323. The molecule has 2 aromatic rings. The molecule has 0 radical (unpaired) electrons. The van der Waals surface area contributed by atoms with Gasteiger partial charge in [-0.05, 0) is 43.9 Å². The van der Waals surface area contributed by atoms with Gasteiger partial charge in [0.1, 0.15) is 11.6 Å². The lowest BCUT2D eigenvalue weighted by atomic mass is 9.78. The number of H-pyrrole nitrogens is 1. The van der Waals surface area contributed by atoms with Gasteiger partial charge in [0.25, 0.3) is 0 Å². The lowest BCUT2D eigenvalue weighted by Crippen LogP contribution is -2.58. The third-order valence-electron chi connectivity index (χ3n) is 6.78. The molecular weight excluding hydrogens is 371 g/mol. The molecule has 1 aromatic carbocycles. The summed E-state index contributed by atoms with van der Waals surface area (Å²) in [5.41, 5.74) is 2.54. The molecule has 6 nitrogen and oxygen atoms in total. The number of carbonyl (C=O) groups is 1. The van der Waals surface area contributed by atoms with E-state index in [1.165, 1.54) is 6.07 Å². The van der Waals surface area contributed by atoms with Crippen molar-refractivity contribution >= 4 is 5.91 Å². The van der Waals surface area contributed by atoms with Crippen LogP contribution in [0, 0.1) is 11.7 Å². The number of amides is 1. The number of aromatic amines is 1. The van der Waals surface area contributed by atoms with Crippen molar-refractivity contribution in [1.29, 1.82) is 0 Å². The summed E-state index contributed by atoms with van der Waals surface area (Å²) in [6.45, 7) is 2.91. The first-order valence-electron chi connectivity index (χ1n) is 10.5. The second-order valence-corrected chi connectivity index (χ2v) is 8.51. The van der Waals surface area contributed by atoms with E-state index < -0.39 is 0 Å². The van der Waals surface area contributed by atoms with E-state index in [0.717, 1.165) is 63.1 Å². The number of nitrogens with zero attached hydrogens (tertiary/aromatic N) is 3. The van der Waals surface area contributed by atoms with Gasteiger partial charge in [0, 0.05) is 49.8 Å². The molecule has 1 N–H and O–H groups in total. The Morgan fingerprint density at radius 2 is 2.10 bits per heavy atom. The normalized spacial score (nSPS) is 21.2. The van der Waals surface area contributed by atoms with E-state index in [4.69, 9.17) is 4.74 Å². The average Bonchev–Trinajstić information content (AvgIpc) is 3.48. The fraction of sp³-hybridized carbons (Fsp3) is 0.545. The SMILES string of the molecule is COc1ccc(F)c(CN2CCC3(CC2)c2nc[nH]c2CCN3C(=O)C2CC2)c1. The third kappa shape index (κ3) is 3.21. The monoisotopic (exact) mass is 398 g/mol. The Morgan fingerprint density at radius 3 is 2.83 bits per heavy atom. The summed E-state index contributed by atoms with van der Waals surface area (Å²) in [5, 5.41) is 0. The number of carbonyl (C=O) groups excluding carboxylic acids is 1. The molecular formula is C22H27FN4O2. The third-order valence-corrected chi connectivity index (χ3v) is 6.78. The van der Waals surface area contributed by atoms with Crippen LogP contribution < -0.4 is 4.74 Å². The zero-order chi connectivity index (χ0) is 20.0. The van der Waals surface area contributed by atoms with Gasteiger partial charge in [0.15, 0.2) is 0 Å². The predicted octanol–water partition coefficient (Wildman–Crippen LogP) is 2.84. The number of methoxy groups -OCH3 is 1. The van der Waals surface area contributed by atoms with Crippen LogP contribution in [0.5, 0.6) is 5.75 Å². The van der Waals surface area contributed by atoms with Crippen LogP contribution >= 0.6 is 0 Å². The van der Waals surface area contributed by atoms with Crippen LogP contribution in [0.3, 0.4) is 0 Å². The van der Waals surface area contributed by atoms with Crippen LogP contribution in [0.1, 0.15) is 42.6 Å². The van der Waals surface area contributed by atoms with E-state index >= 15 is 0 Å². The number of nitrogens with one attached hydrogen (secondary N) is 1. The van der Waals surface area contributed by atoms with E-state index in [0.29, 0.717) is 23.8 Å². The van der Waals surface area contributed by atoms with Gasteiger partial charge in [-0.1, -0.05) is 0 Å². The highest BCUT2D eigenvalue weighted by Crippen LogP contribution is 2.45. The summed E-state index contributed by atoms with van der Waals surface area (Å²) in [6.07, 6.45) is 6.29. The molecule has 0 unspecified atom stereocenters. The largest absolute Gasteiger partial charge is 0.497 e. The first-order chi connectivity index (χ1) is 14.1. The first kappa shape index (κ1) is 18.6. The highest BCUT2D eigenvalue weighted by atomic mass is 19.1. The van der Waals surface area contributed by atoms with Crippen LogP contribution in [-0.4, -0.2) is 52.4 Å². The van der Waals surface area contributed by atoms with E-state index in [1.807, 2.05) is 0 Å². The van der Waals surface area contributed by atoms with Gasteiger partial charge in [0.05, 0.1) is 24.7 Å². The van der Waals surface area contributed by atoms with Gasteiger partial charge in [-0.2, -0.15) is 0 Å². The van der Waals surface area contributed by atoms with Crippen molar-refractivity contribution in [2.45, 2.75) is 44.2 Å². The number of piperidine rings is 1. The molecule has 154 valence electrons. The molecule has 3 heterocycles. The molecule has 0 bridgehead atoms. The number of aromatic nitrogens is 2. The summed E-state index contributed by atoms with van der Waals surface area (Å²) in [4.78, 5) is 25.4. The molecule has 2 aliphatic heterocycles. The quantitative estimate of drug-likeness (QED) is 0.860. The number of hydrogen-bond acceptors (Lipinski definition) is 4. The zero-order valence-electron chi connectivity index (χ0n) is 16.8. The van der Waals surface area contributed by atoms with E-state index in [1.54, 1.807) is 25.6 Å². The Balaban J connectivity index is 1.36. The molecule has 2 fully saturated rings. The summed E-state index contributed by atoms with van der Waals surface area (Å²) in [6, 6.07) is 4.88. The first-order valence-corrected chi connectivity index (χ1v) is 10.5. The molecule has 3 aliphatic rings. The predicted molar refractivity (Wildman–Crippen MR) is 106 cm³/mol. The van der Waals surface area contributed by atoms with Crippen molar-refractivity contribution in [2.24, 2.45) is 5.92 Å². The molecule has 1 amide bonds. The number of imidazole rings is 1.